The van der Waals surface area contributed by atoms with Gasteiger partial charge in [0.1, 0.15) is 17.6 Å². The quantitative estimate of drug-likeness (QED) is 0.782. The van der Waals surface area contributed by atoms with Crippen LogP contribution in [0.4, 0.5) is 4.39 Å². The lowest BCUT2D eigenvalue weighted by Gasteiger charge is -2.17. The zero-order valence-corrected chi connectivity index (χ0v) is 14.1. The van der Waals surface area contributed by atoms with Crippen LogP contribution in [-0.4, -0.2) is 32.1 Å². The maximum Gasteiger partial charge on any atom is 0.328 e. The van der Waals surface area contributed by atoms with Crippen molar-refractivity contribution in [3.05, 3.63) is 65.5 Å². The van der Waals surface area contributed by atoms with Gasteiger partial charge in [-0.15, -0.1) is 0 Å². The SMILES string of the molecule is COC(=O)[C@H](Cc1cccc(OC)c1)NC(=O)Cc1cccc(F)c1. The minimum atomic E-state index is -0.835. The van der Waals surface area contributed by atoms with E-state index in [1.54, 1.807) is 31.4 Å². The molecule has 0 aliphatic heterocycles. The standard InChI is InChI=1S/C19H20FNO4/c1-24-16-8-4-6-14(10-16)11-17(19(23)25-2)21-18(22)12-13-5-3-7-15(20)9-13/h3-10,17H,11-12H2,1-2H3,(H,21,22)/t17-/m0/s1. The predicted molar refractivity (Wildman–Crippen MR) is 90.7 cm³/mol. The van der Waals surface area contributed by atoms with E-state index in [1.807, 2.05) is 6.07 Å². The van der Waals surface area contributed by atoms with E-state index in [-0.39, 0.29) is 18.7 Å². The minimum absolute atomic E-state index is 0.0244. The highest BCUT2D eigenvalue weighted by Crippen LogP contribution is 2.14. The normalized spacial score (nSPS) is 11.5. The first-order valence-corrected chi connectivity index (χ1v) is 7.76. The number of benzene rings is 2. The number of nitrogens with one attached hydrogen (secondary N) is 1. The third-order valence-electron chi connectivity index (χ3n) is 3.65. The van der Waals surface area contributed by atoms with Gasteiger partial charge in [-0.2, -0.15) is 0 Å². The van der Waals surface area contributed by atoms with Gasteiger partial charge in [-0.25, -0.2) is 9.18 Å². The van der Waals surface area contributed by atoms with Crippen molar-refractivity contribution in [1.29, 1.82) is 0 Å². The number of carbonyl (C=O) groups is 2. The van der Waals surface area contributed by atoms with Crippen LogP contribution in [0.1, 0.15) is 11.1 Å². The average Bonchev–Trinajstić information content (AvgIpc) is 2.60. The summed E-state index contributed by atoms with van der Waals surface area (Å²) in [7, 11) is 2.82. The molecule has 2 aromatic rings. The van der Waals surface area contributed by atoms with Gasteiger partial charge < -0.3 is 14.8 Å². The molecular weight excluding hydrogens is 325 g/mol. The summed E-state index contributed by atoms with van der Waals surface area (Å²) >= 11 is 0. The van der Waals surface area contributed by atoms with E-state index in [0.29, 0.717) is 11.3 Å². The molecule has 0 aromatic heterocycles. The van der Waals surface area contributed by atoms with Gasteiger partial charge in [-0.1, -0.05) is 24.3 Å². The zero-order valence-electron chi connectivity index (χ0n) is 14.1. The van der Waals surface area contributed by atoms with E-state index < -0.39 is 17.8 Å². The lowest BCUT2D eigenvalue weighted by molar-refractivity contribution is -0.145. The van der Waals surface area contributed by atoms with E-state index in [1.165, 1.54) is 25.3 Å². The summed E-state index contributed by atoms with van der Waals surface area (Å²) in [6, 6.07) is 12.2. The van der Waals surface area contributed by atoms with Crippen molar-refractivity contribution in [1.82, 2.24) is 5.32 Å². The van der Waals surface area contributed by atoms with Gasteiger partial charge in [0, 0.05) is 6.42 Å². The summed E-state index contributed by atoms with van der Waals surface area (Å²) in [4.78, 5) is 24.2. The van der Waals surface area contributed by atoms with Crippen LogP contribution in [0.5, 0.6) is 5.75 Å². The number of rotatable bonds is 7. The van der Waals surface area contributed by atoms with Crippen molar-refractivity contribution >= 4 is 11.9 Å². The fourth-order valence-electron chi connectivity index (χ4n) is 2.45. The number of hydrogen-bond acceptors (Lipinski definition) is 4. The van der Waals surface area contributed by atoms with E-state index in [2.05, 4.69) is 5.32 Å². The molecule has 2 rings (SSSR count). The average molecular weight is 345 g/mol. The number of carbonyl (C=O) groups excluding carboxylic acids is 2. The van der Waals surface area contributed by atoms with Crippen LogP contribution < -0.4 is 10.1 Å². The summed E-state index contributed by atoms with van der Waals surface area (Å²) in [6.07, 6.45) is 0.238. The molecule has 0 aliphatic rings. The van der Waals surface area contributed by atoms with Crippen LogP contribution in [-0.2, 0) is 27.2 Å². The van der Waals surface area contributed by atoms with Crippen molar-refractivity contribution in [2.45, 2.75) is 18.9 Å². The lowest BCUT2D eigenvalue weighted by Crippen LogP contribution is -2.43. The van der Waals surface area contributed by atoms with Crippen LogP contribution in [0.25, 0.3) is 0 Å². The van der Waals surface area contributed by atoms with Crippen molar-refractivity contribution in [2.75, 3.05) is 14.2 Å². The van der Waals surface area contributed by atoms with Gasteiger partial charge in [-0.05, 0) is 35.4 Å². The first kappa shape index (κ1) is 18.4. The van der Waals surface area contributed by atoms with Crippen LogP contribution in [0, 0.1) is 5.82 Å². The van der Waals surface area contributed by atoms with Crippen molar-refractivity contribution in [2.24, 2.45) is 0 Å². The number of ether oxygens (including phenoxy) is 2. The van der Waals surface area contributed by atoms with Gasteiger partial charge in [0.05, 0.1) is 20.6 Å². The highest BCUT2D eigenvalue weighted by Gasteiger charge is 2.22. The zero-order chi connectivity index (χ0) is 18.2. The maximum absolute atomic E-state index is 13.2. The number of halogens is 1. The van der Waals surface area contributed by atoms with Crippen LogP contribution in [0.2, 0.25) is 0 Å². The molecule has 0 aliphatic carbocycles. The Bertz CT molecular complexity index is 748. The summed E-state index contributed by atoms with van der Waals surface area (Å²) in [5, 5.41) is 2.64. The molecule has 0 radical (unpaired) electrons. The second-order valence-corrected chi connectivity index (χ2v) is 5.51. The number of hydrogen-bond donors (Lipinski definition) is 1. The summed E-state index contributed by atoms with van der Waals surface area (Å²) in [6.45, 7) is 0. The van der Waals surface area contributed by atoms with Gasteiger partial charge in [-0.3, -0.25) is 4.79 Å². The minimum Gasteiger partial charge on any atom is -0.497 e. The lowest BCUT2D eigenvalue weighted by atomic mass is 10.0. The molecule has 0 bridgehead atoms. The topological polar surface area (TPSA) is 64.6 Å². The Balaban J connectivity index is 2.06. The highest BCUT2D eigenvalue weighted by atomic mass is 19.1. The molecular formula is C19H20FNO4. The molecule has 2 aromatic carbocycles. The smallest absolute Gasteiger partial charge is 0.328 e. The number of esters is 1. The Morgan fingerprint density at radius 1 is 1.08 bits per heavy atom. The first-order valence-electron chi connectivity index (χ1n) is 7.76. The van der Waals surface area contributed by atoms with Crippen molar-refractivity contribution in [3.63, 3.8) is 0 Å². The fourth-order valence-corrected chi connectivity index (χ4v) is 2.45. The van der Waals surface area contributed by atoms with E-state index in [4.69, 9.17) is 9.47 Å². The maximum atomic E-state index is 13.2. The van der Waals surface area contributed by atoms with Crippen LogP contribution >= 0.6 is 0 Å². The molecule has 1 atom stereocenters. The van der Waals surface area contributed by atoms with Crippen LogP contribution in [0.3, 0.4) is 0 Å². The Morgan fingerprint density at radius 3 is 2.48 bits per heavy atom. The third kappa shape index (κ3) is 5.60. The monoisotopic (exact) mass is 345 g/mol. The van der Waals surface area contributed by atoms with Gasteiger partial charge in [0.15, 0.2) is 0 Å². The second kappa shape index (κ2) is 8.82. The van der Waals surface area contributed by atoms with E-state index >= 15 is 0 Å². The van der Waals surface area contributed by atoms with Gasteiger partial charge in [0.2, 0.25) is 5.91 Å². The highest BCUT2D eigenvalue weighted by molar-refractivity contribution is 5.85. The molecule has 132 valence electrons. The predicted octanol–water partition coefficient (Wildman–Crippen LogP) is 2.28. The molecule has 1 amide bonds. The molecule has 0 heterocycles. The van der Waals surface area contributed by atoms with Gasteiger partial charge in [0.25, 0.3) is 0 Å². The molecule has 0 spiro atoms. The molecule has 25 heavy (non-hydrogen) atoms. The Kier molecular flexibility index (Phi) is 6.51. The van der Waals surface area contributed by atoms with E-state index in [9.17, 15) is 14.0 Å². The number of methoxy groups -OCH3 is 2. The van der Waals surface area contributed by atoms with Gasteiger partial charge >= 0.3 is 5.97 Å². The summed E-state index contributed by atoms with van der Waals surface area (Å²) in [5.74, 6) is -0.683. The molecule has 0 saturated carbocycles. The first-order chi connectivity index (χ1) is 12.0. The molecule has 6 heteroatoms. The Morgan fingerprint density at radius 2 is 1.80 bits per heavy atom. The third-order valence-corrected chi connectivity index (χ3v) is 3.65. The Labute approximate surface area is 145 Å². The van der Waals surface area contributed by atoms with E-state index in [0.717, 1.165) is 5.56 Å². The van der Waals surface area contributed by atoms with Crippen molar-refractivity contribution in [3.8, 4) is 5.75 Å². The molecule has 0 fully saturated rings. The molecule has 5 nitrogen and oxygen atoms in total. The van der Waals surface area contributed by atoms with Crippen LogP contribution in [0.15, 0.2) is 48.5 Å². The largest absolute Gasteiger partial charge is 0.497 e. The summed E-state index contributed by atoms with van der Waals surface area (Å²) in [5.41, 5.74) is 1.35. The second-order valence-electron chi connectivity index (χ2n) is 5.51. The molecule has 0 unspecified atom stereocenters. The summed E-state index contributed by atoms with van der Waals surface area (Å²) < 4.78 is 23.1. The molecule has 1 N–H and O–H groups in total. The Hall–Kier alpha value is -2.89. The molecule has 0 saturated heterocycles. The number of amides is 1. The fraction of sp³-hybridized carbons (Fsp3) is 0.263. The van der Waals surface area contributed by atoms with Crippen molar-refractivity contribution < 1.29 is 23.5 Å².